The molecule has 1 amide bonds. The van der Waals surface area contributed by atoms with Gasteiger partial charge in [-0.15, -0.1) is 0 Å². The molecule has 4 heteroatoms. The van der Waals surface area contributed by atoms with Crippen LogP contribution in [0.4, 0.5) is 0 Å². The van der Waals surface area contributed by atoms with Crippen LogP contribution in [0.1, 0.15) is 41.6 Å². The topological polar surface area (TPSA) is 45.3 Å². The van der Waals surface area contributed by atoms with Crippen molar-refractivity contribution in [1.29, 1.82) is 0 Å². The molecule has 0 spiro atoms. The molecule has 3 heterocycles. The van der Waals surface area contributed by atoms with Gasteiger partial charge in [-0.05, 0) is 42.2 Å². The maximum absolute atomic E-state index is 12.6. The van der Waals surface area contributed by atoms with Gasteiger partial charge in [0.2, 0.25) is 5.91 Å². The van der Waals surface area contributed by atoms with Gasteiger partial charge >= 0.3 is 0 Å². The van der Waals surface area contributed by atoms with Crippen molar-refractivity contribution in [2.24, 2.45) is 0 Å². The number of benzene rings is 2. The third kappa shape index (κ3) is 2.25. The fourth-order valence-corrected chi connectivity index (χ4v) is 4.75. The SMILES string of the molecule is COc1ccc(C2CCC(=O)N3CCc4c([nH]c5ccccc45)C23)cc1. The highest BCUT2D eigenvalue weighted by atomic mass is 16.5. The van der Waals surface area contributed by atoms with E-state index in [1.807, 2.05) is 12.1 Å². The molecule has 5 rings (SSSR count). The summed E-state index contributed by atoms with van der Waals surface area (Å²) < 4.78 is 5.31. The number of methoxy groups -OCH3 is 1. The second-order valence-corrected chi connectivity index (χ2v) is 7.26. The van der Waals surface area contributed by atoms with Gasteiger partial charge in [-0.2, -0.15) is 0 Å². The van der Waals surface area contributed by atoms with E-state index in [-0.39, 0.29) is 11.9 Å². The average molecular weight is 346 g/mol. The summed E-state index contributed by atoms with van der Waals surface area (Å²) in [6.45, 7) is 0.811. The first-order chi connectivity index (χ1) is 12.8. The van der Waals surface area contributed by atoms with Crippen LogP contribution in [0.25, 0.3) is 10.9 Å². The number of amides is 1. The number of rotatable bonds is 2. The normalized spacial score (nSPS) is 22.2. The Labute approximate surface area is 152 Å². The maximum atomic E-state index is 12.6. The summed E-state index contributed by atoms with van der Waals surface area (Å²) in [6, 6.07) is 16.9. The number of fused-ring (bicyclic) bond motifs is 5. The molecule has 0 saturated carbocycles. The standard InChI is InChI=1S/C22H22N2O2/c1-26-15-8-6-14(7-9-15)16-10-11-20(25)24-13-12-18-17-4-2-3-5-19(17)23-21(18)22(16)24/h2-9,16,22-23H,10-13H2,1H3. The summed E-state index contributed by atoms with van der Waals surface area (Å²) in [5, 5.41) is 1.30. The molecule has 0 bridgehead atoms. The van der Waals surface area contributed by atoms with Gasteiger partial charge in [0.25, 0.3) is 0 Å². The van der Waals surface area contributed by atoms with Gasteiger partial charge in [0.1, 0.15) is 5.75 Å². The Morgan fingerprint density at radius 2 is 1.88 bits per heavy atom. The summed E-state index contributed by atoms with van der Waals surface area (Å²) >= 11 is 0. The second-order valence-electron chi connectivity index (χ2n) is 7.26. The molecule has 3 aromatic rings. The number of hydrogen-bond donors (Lipinski definition) is 1. The predicted molar refractivity (Wildman–Crippen MR) is 101 cm³/mol. The first kappa shape index (κ1) is 15.5. The predicted octanol–water partition coefficient (Wildman–Crippen LogP) is 4.18. The number of nitrogens with zero attached hydrogens (tertiary/aromatic N) is 1. The summed E-state index contributed by atoms with van der Waals surface area (Å²) in [5.41, 5.74) is 5.06. The van der Waals surface area contributed by atoms with Gasteiger partial charge in [0.15, 0.2) is 0 Å². The van der Waals surface area contributed by atoms with Gasteiger partial charge in [-0.3, -0.25) is 4.79 Å². The van der Waals surface area contributed by atoms with Gasteiger partial charge in [-0.25, -0.2) is 0 Å². The summed E-state index contributed by atoms with van der Waals surface area (Å²) in [6.07, 6.45) is 2.45. The van der Waals surface area contributed by atoms with E-state index < -0.39 is 0 Å². The highest BCUT2D eigenvalue weighted by molar-refractivity contribution is 5.86. The van der Waals surface area contributed by atoms with E-state index in [9.17, 15) is 4.79 Å². The van der Waals surface area contributed by atoms with Gasteiger partial charge in [0.05, 0.1) is 13.2 Å². The molecule has 26 heavy (non-hydrogen) atoms. The second kappa shape index (κ2) is 5.90. The van der Waals surface area contributed by atoms with Gasteiger partial charge in [0, 0.05) is 35.5 Å². The van der Waals surface area contributed by atoms with Crippen molar-refractivity contribution in [3.05, 3.63) is 65.4 Å². The monoisotopic (exact) mass is 346 g/mol. The molecule has 1 aromatic heterocycles. The molecule has 1 fully saturated rings. The zero-order chi connectivity index (χ0) is 17.7. The molecule has 2 unspecified atom stereocenters. The number of H-pyrrole nitrogens is 1. The van der Waals surface area contributed by atoms with Gasteiger partial charge in [-0.1, -0.05) is 30.3 Å². The van der Waals surface area contributed by atoms with E-state index in [4.69, 9.17) is 4.74 Å². The number of para-hydroxylation sites is 1. The molecule has 2 aliphatic rings. The number of nitrogens with one attached hydrogen (secondary N) is 1. The zero-order valence-corrected chi connectivity index (χ0v) is 14.9. The number of carbonyl (C=O) groups is 1. The van der Waals surface area contributed by atoms with Crippen LogP contribution in [0, 0.1) is 0 Å². The molecular weight excluding hydrogens is 324 g/mol. The van der Waals surface area contributed by atoms with E-state index >= 15 is 0 Å². The summed E-state index contributed by atoms with van der Waals surface area (Å²) in [5.74, 6) is 1.46. The molecule has 1 N–H and O–H groups in total. The number of aromatic nitrogens is 1. The van der Waals surface area contributed by atoms with Crippen molar-refractivity contribution in [1.82, 2.24) is 9.88 Å². The highest BCUT2D eigenvalue weighted by Crippen LogP contribution is 2.47. The van der Waals surface area contributed by atoms with Crippen molar-refractivity contribution < 1.29 is 9.53 Å². The lowest BCUT2D eigenvalue weighted by Gasteiger charge is -2.44. The Bertz CT molecular complexity index is 973. The lowest BCUT2D eigenvalue weighted by atomic mass is 9.78. The summed E-state index contributed by atoms with van der Waals surface area (Å²) in [4.78, 5) is 18.4. The fraction of sp³-hybridized carbons (Fsp3) is 0.318. The number of hydrogen-bond acceptors (Lipinski definition) is 2. The van der Waals surface area contributed by atoms with Crippen molar-refractivity contribution in [2.45, 2.75) is 31.2 Å². The maximum Gasteiger partial charge on any atom is 0.223 e. The van der Waals surface area contributed by atoms with E-state index in [2.05, 4.69) is 46.3 Å². The Kier molecular flexibility index (Phi) is 3.52. The van der Waals surface area contributed by atoms with Crippen molar-refractivity contribution in [2.75, 3.05) is 13.7 Å². The molecule has 0 aliphatic carbocycles. The van der Waals surface area contributed by atoms with Crippen molar-refractivity contribution in [3.8, 4) is 5.75 Å². The quantitative estimate of drug-likeness (QED) is 0.756. The van der Waals surface area contributed by atoms with E-state index in [0.29, 0.717) is 12.3 Å². The number of ether oxygens (including phenoxy) is 1. The van der Waals surface area contributed by atoms with Crippen LogP contribution in [-0.2, 0) is 11.2 Å². The van der Waals surface area contributed by atoms with Crippen LogP contribution in [0.15, 0.2) is 48.5 Å². The van der Waals surface area contributed by atoms with E-state index in [1.165, 1.54) is 27.7 Å². The minimum absolute atomic E-state index is 0.0980. The van der Waals surface area contributed by atoms with Crippen LogP contribution >= 0.6 is 0 Å². The van der Waals surface area contributed by atoms with Crippen LogP contribution in [0.2, 0.25) is 0 Å². The Hall–Kier alpha value is -2.75. The van der Waals surface area contributed by atoms with Crippen LogP contribution in [0.5, 0.6) is 5.75 Å². The van der Waals surface area contributed by atoms with E-state index in [0.717, 1.165) is 25.1 Å². The largest absolute Gasteiger partial charge is 0.497 e. The zero-order valence-electron chi connectivity index (χ0n) is 14.9. The number of piperidine rings is 1. The average Bonchev–Trinajstić information content (AvgIpc) is 3.07. The number of aromatic amines is 1. The Balaban J connectivity index is 1.63. The molecule has 4 nitrogen and oxygen atoms in total. The first-order valence-electron chi connectivity index (χ1n) is 9.29. The molecule has 2 aromatic carbocycles. The first-order valence-corrected chi connectivity index (χ1v) is 9.29. The van der Waals surface area contributed by atoms with Gasteiger partial charge < -0.3 is 14.6 Å². The molecule has 0 radical (unpaired) electrons. The smallest absolute Gasteiger partial charge is 0.223 e. The molecule has 2 aliphatic heterocycles. The molecule has 1 saturated heterocycles. The lowest BCUT2D eigenvalue weighted by molar-refractivity contribution is -0.138. The third-order valence-corrected chi connectivity index (χ3v) is 6.00. The van der Waals surface area contributed by atoms with Crippen molar-refractivity contribution >= 4 is 16.8 Å². The minimum atomic E-state index is 0.0980. The minimum Gasteiger partial charge on any atom is -0.497 e. The summed E-state index contributed by atoms with van der Waals surface area (Å²) in [7, 11) is 1.69. The molecular formula is C22H22N2O2. The fourth-order valence-electron chi connectivity index (χ4n) is 4.75. The van der Waals surface area contributed by atoms with Crippen LogP contribution < -0.4 is 4.74 Å². The molecule has 2 atom stereocenters. The van der Waals surface area contributed by atoms with E-state index in [1.54, 1.807) is 7.11 Å². The lowest BCUT2D eigenvalue weighted by Crippen LogP contribution is -2.45. The third-order valence-electron chi connectivity index (χ3n) is 6.00. The Morgan fingerprint density at radius 3 is 2.69 bits per heavy atom. The Morgan fingerprint density at radius 1 is 1.08 bits per heavy atom. The highest BCUT2D eigenvalue weighted by Gasteiger charge is 2.42. The van der Waals surface area contributed by atoms with Crippen LogP contribution in [0.3, 0.4) is 0 Å². The number of carbonyl (C=O) groups excluding carboxylic acids is 1. The van der Waals surface area contributed by atoms with Crippen molar-refractivity contribution in [3.63, 3.8) is 0 Å². The molecule has 132 valence electrons. The van der Waals surface area contributed by atoms with Crippen LogP contribution in [-0.4, -0.2) is 29.4 Å².